The van der Waals surface area contributed by atoms with Crippen LogP contribution in [0.4, 0.5) is 13.2 Å². The van der Waals surface area contributed by atoms with Crippen LogP contribution in [0.3, 0.4) is 0 Å². The van der Waals surface area contributed by atoms with E-state index < -0.39 is 46.2 Å². The number of benzene rings is 1. The fourth-order valence-corrected chi connectivity index (χ4v) is 2.73. The van der Waals surface area contributed by atoms with Crippen molar-refractivity contribution in [3.05, 3.63) is 35.4 Å². The SMILES string of the molecule is CC(C)(C)S(=O)N[C@@](CF)(CCO)c1cccc(F)c1F. The first-order valence-corrected chi connectivity index (χ1v) is 7.64. The molecule has 1 rings (SSSR count). The second kappa shape index (κ2) is 6.89. The number of halogens is 3. The minimum atomic E-state index is -1.74. The molecule has 0 spiro atoms. The highest BCUT2D eigenvalue weighted by molar-refractivity contribution is 7.84. The second-order valence-electron chi connectivity index (χ2n) is 5.77. The molecule has 2 atom stereocenters. The van der Waals surface area contributed by atoms with Gasteiger partial charge in [-0.1, -0.05) is 12.1 Å². The Hall–Kier alpha value is -0.920. The van der Waals surface area contributed by atoms with E-state index in [1.165, 1.54) is 12.1 Å². The Bertz CT molecular complexity index is 519. The van der Waals surface area contributed by atoms with Crippen molar-refractivity contribution in [3.8, 4) is 0 Å². The second-order valence-corrected chi connectivity index (χ2v) is 7.74. The van der Waals surface area contributed by atoms with E-state index in [1.807, 2.05) is 0 Å². The van der Waals surface area contributed by atoms with Crippen LogP contribution in [0.2, 0.25) is 0 Å². The highest BCUT2D eigenvalue weighted by atomic mass is 32.2. The summed E-state index contributed by atoms with van der Waals surface area (Å²) in [5.41, 5.74) is -2.02. The standard InChI is InChI=1S/C14H20F3NO2S/c1-13(2,3)21(20)18-14(9-15,7-8-19)10-5-4-6-11(16)12(10)17/h4-6,18-19H,7-9H2,1-3H3/t14-,21?/m1/s1. The maximum absolute atomic E-state index is 14.0. The molecule has 1 unspecified atom stereocenters. The number of rotatable bonds is 6. The predicted octanol–water partition coefficient (Wildman–Crippen LogP) is 2.56. The lowest BCUT2D eigenvalue weighted by atomic mass is 9.88. The van der Waals surface area contributed by atoms with Crippen molar-refractivity contribution in [2.75, 3.05) is 13.3 Å². The third-order valence-electron chi connectivity index (χ3n) is 3.08. The maximum Gasteiger partial charge on any atom is 0.164 e. The van der Waals surface area contributed by atoms with Crippen LogP contribution in [0.25, 0.3) is 0 Å². The minimum absolute atomic E-state index is 0.230. The van der Waals surface area contributed by atoms with E-state index in [-0.39, 0.29) is 12.0 Å². The summed E-state index contributed by atoms with van der Waals surface area (Å²) in [5.74, 6) is -2.33. The molecule has 3 nitrogen and oxygen atoms in total. The molecule has 0 amide bonds. The average molecular weight is 323 g/mol. The summed E-state index contributed by atoms with van der Waals surface area (Å²) in [6.45, 7) is 3.41. The van der Waals surface area contributed by atoms with Crippen molar-refractivity contribution in [3.63, 3.8) is 0 Å². The summed E-state index contributed by atoms with van der Waals surface area (Å²) >= 11 is 0. The van der Waals surface area contributed by atoms with Gasteiger partial charge in [0.05, 0.1) is 21.3 Å². The minimum Gasteiger partial charge on any atom is -0.396 e. The molecule has 120 valence electrons. The third kappa shape index (κ3) is 4.05. The number of hydrogen-bond donors (Lipinski definition) is 2. The van der Waals surface area contributed by atoms with E-state index in [9.17, 15) is 17.4 Å². The molecule has 2 N–H and O–H groups in total. The summed E-state index contributed by atoms with van der Waals surface area (Å²) < 4.78 is 55.1. The van der Waals surface area contributed by atoms with Gasteiger partial charge in [-0.05, 0) is 33.3 Å². The lowest BCUT2D eigenvalue weighted by molar-refractivity contribution is 0.192. The molecule has 0 bridgehead atoms. The van der Waals surface area contributed by atoms with Gasteiger partial charge in [-0.2, -0.15) is 0 Å². The third-order valence-corrected chi connectivity index (χ3v) is 4.77. The lowest BCUT2D eigenvalue weighted by Gasteiger charge is -2.34. The fourth-order valence-electron chi connectivity index (χ4n) is 1.80. The lowest BCUT2D eigenvalue weighted by Crippen LogP contribution is -2.50. The zero-order valence-electron chi connectivity index (χ0n) is 12.3. The molecule has 0 aliphatic rings. The zero-order valence-corrected chi connectivity index (χ0v) is 13.1. The van der Waals surface area contributed by atoms with Crippen molar-refractivity contribution in [1.82, 2.24) is 4.72 Å². The molecular weight excluding hydrogens is 303 g/mol. The Kier molecular flexibility index (Phi) is 5.95. The van der Waals surface area contributed by atoms with Gasteiger partial charge >= 0.3 is 0 Å². The molecule has 0 heterocycles. The van der Waals surface area contributed by atoms with E-state index in [2.05, 4.69) is 4.72 Å². The first-order chi connectivity index (χ1) is 9.68. The topological polar surface area (TPSA) is 49.3 Å². The van der Waals surface area contributed by atoms with Crippen LogP contribution >= 0.6 is 0 Å². The number of aliphatic hydroxyl groups excluding tert-OH is 1. The predicted molar refractivity (Wildman–Crippen MR) is 76.7 cm³/mol. The van der Waals surface area contributed by atoms with Gasteiger partial charge in [0.2, 0.25) is 0 Å². The molecule has 1 aromatic carbocycles. The summed E-state index contributed by atoms with van der Waals surface area (Å²) in [6, 6.07) is 3.39. The molecular formula is C14H20F3NO2S. The average Bonchev–Trinajstić information content (AvgIpc) is 2.40. The molecule has 0 aliphatic carbocycles. The van der Waals surface area contributed by atoms with E-state index in [1.54, 1.807) is 20.8 Å². The van der Waals surface area contributed by atoms with Crippen LogP contribution in [0.1, 0.15) is 32.8 Å². The molecule has 0 fully saturated rings. The van der Waals surface area contributed by atoms with Crippen LogP contribution < -0.4 is 4.72 Å². The maximum atomic E-state index is 14.0. The molecule has 0 saturated heterocycles. The Morgan fingerprint density at radius 1 is 1.29 bits per heavy atom. The molecule has 0 radical (unpaired) electrons. The number of aliphatic hydroxyl groups is 1. The van der Waals surface area contributed by atoms with Gasteiger partial charge in [-0.25, -0.2) is 22.1 Å². The van der Waals surface area contributed by atoms with Crippen molar-refractivity contribution in [1.29, 1.82) is 0 Å². The molecule has 7 heteroatoms. The zero-order chi connectivity index (χ0) is 16.3. The van der Waals surface area contributed by atoms with Crippen molar-refractivity contribution in [2.45, 2.75) is 37.5 Å². The molecule has 21 heavy (non-hydrogen) atoms. The van der Waals surface area contributed by atoms with Gasteiger partial charge in [-0.3, -0.25) is 0 Å². The van der Waals surface area contributed by atoms with Crippen LogP contribution in [0.15, 0.2) is 18.2 Å². The van der Waals surface area contributed by atoms with Gasteiger partial charge < -0.3 is 5.11 Å². The summed E-state index contributed by atoms with van der Waals surface area (Å²) in [4.78, 5) is 0. The van der Waals surface area contributed by atoms with Gasteiger partial charge in [0.25, 0.3) is 0 Å². The molecule has 0 aliphatic heterocycles. The van der Waals surface area contributed by atoms with Crippen LogP contribution in [0.5, 0.6) is 0 Å². The molecule has 0 saturated carbocycles. The fraction of sp³-hybridized carbons (Fsp3) is 0.571. The van der Waals surface area contributed by atoms with Crippen LogP contribution in [-0.2, 0) is 16.5 Å². The van der Waals surface area contributed by atoms with Crippen molar-refractivity contribution in [2.24, 2.45) is 0 Å². The first kappa shape index (κ1) is 18.1. The summed E-state index contributed by atoms with van der Waals surface area (Å²) in [7, 11) is -1.71. The van der Waals surface area contributed by atoms with E-state index in [0.29, 0.717) is 0 Å². The van der Waals surface area contributed by atoms with Crippen molar-refractivity contribution < 1.29 is 22.5 Å². The smallest absolute Gasteiger partial charge is 0.164 e. The summed E-state index contributed by atoms with van der Waals surface area (Å²) in [6.07, 6.45) is -0.230. The highest BCUT2D eigenvalue weighted by Gasteiger charge is 2.39. The van der Waals surface area contributed by atoms with Crippen LogP contribution in [0, 0.1) is 11.6 Å². The quantitative estimate of drug-likeness (QED) is 0.845. The normalized spacial score (nSPS) is 16.5. The molecule has 0 aromatic heterocycles. The van der Waals surface area contributed by atoms with E-state index in [0.717, 1.165) is 6.07 Å². The summed E-state index contributed by atoms with van der Waals surface area (Å²) in [5, 5.41) is 9.15. The first-order valence-electron chi connectivity index (χ1n) is 6.49. The van der Waals surface area contributed by atoms with E-state index >= 15 is 0 Å². The largest absolute Gasteiger partial charge is 0.396 e. The molecule has 1 aromatic rings. The monoisotopic (exact) mass is 323 g/mol. The van der Waals surface area contributed by atoms with Gasteiger partial charge in [-0.15, -0.1) is 0 Å². The Balaban J connectivity index is 3.33. The van der Waals surface area contributed by atoms with E-state index in [4.69, 9.17) is 5.11 Å². The van der Waals surface area contributed by atoms with Crippen LogP contribution in [-0.4, -0.2) is 27.3 Å². The Labute approximate surface area is 125 Å². The number of nitrogens with one attached hydrogen (secondary N) is 1. The van der Waals surface area contributed by atoms with Crippen molar-refractivity contribution >= 4 is 11.0 Å². The Morgan fingerprint density at radius 2 is 1.90 bits per heavy atom. The number of hydrogen-bond acceptors (Lipinski definition) is 2. The van der Waals surface area contributed by atoms with Gasteiger partial charge in [0.1, 0.15) is 6.67 Å². The highest BCUT2D eigenvalue weighted by Crippen LogP contribution is 2.31. The van der Waals surface area contributed by atoms with Gasteiger partial charge in [0, 0.05) is 12.2 Å². The number of alkyl halides is 1. The Morgan fingerprint density at radius 3 is 2.38 bits per heavy atom. The van der Waals surface area contributed by atoms with Gasteiger partial charge in [0.15, 0.2) is 11.6 Å².